The van der Waals surface area contributed by atoms with Gasteiger partial charge in [0.25, 0.3) is 0 Å². The highest BCUT2D eigenvalue weighted by atomic mass is 19.1. The minimum absolute atomic E-state index is 0.177. The Morgan fingerprint density at radius 1 is 1.25 bits per heavy atom. The Kier molecular flexibility index (Phi) is 5.43. The molecule has 0 spiro atoms. The zero-order valence-corrected chi connectivity index (χ0v) is 10.3. The number of hydrogen-bond donors (Lipinski definition) is 1. The largest absolute Gasteiger partial charge is 0.311 e. The normalized spacial score (nSPS) is 13.1. The second kappa shape index (κ2) is 6.61. The van der Waals surface area contributed by atoms with Crippen molar-refractivity contribution in [1.29, 1.82) is 0 Å². The number of hydrogen-bond acceptors (Lipinski definition) is 2. The standard InChI is InChI=1S/C13H21FN2/c1-4-13(16(2)3)10-15-9-11-5-7-12(14)8-6-11/h5-8,13,15H,4,9-10H2,1-3H3. The van der Waals surface area contributed by atoms with E-state index in [2.05, 4.69) is 31.2 Å². The molecule has 1 unspecified atom stereocenters. The van der Waals surface area contributed by atoms with Gasteiger partial charge in [-0.2, -0.15) is 0 Å². The molecule has 0 saturated heterocycles. The Morgan fingerprint density at radius 2 is 1.88 bits per heavy atom. The molecule has 1 N–H and O–H groups in total. The van der Waals surface area contributed by atoms with Crippen molar-refractivity contribution in [2.75, 3.05) is 20.6 Å². The van der Waals surface area contributed by atoms with Crippen LogP contribution < -0.4 is 5.32 Å². The summed E-state index contributed by atoms with van der Waals surface area (Å²) in [6.07, 6.45) is 1.13. The van der Waals surface area contributed by atoms with Crippen LogP contribution in [0.1, 0.15) is 18.9 Å². The lowest BCUT2D eigenvalue weighted by Crippen LogP contribution is -2.37. The van der Waals surface area contributed by atoms with Crippen LogP contribution in [0.25, 0.3) is 0 Å². The predicted molar refractivity (Wildman–Crippen MR) is 65.9 cm³/mol. The Balaban J connectivity index is 2.32. The number of nitrogens with zero attached hydrogens (tertiary/aromatic N) is 1. The second-order valence-corrected chi connectivity index (χ2v) is 4.28. The van der Waals surface area contributed by atoms with Gasteiger partial charge in [-0.05, 0) is 38.2 Å². The van der Waals surface area contributed by atoms with E-state index < -0.39 is 0 Å². The highest BCUT2D eigenvalue weighted by molar-refractivity contribution is 5.15. The van der Waals surface area contributed by atoms with Gasteiger partial charge in [0.15, 0.2) is 0 Å². The first kappa shape index (κ1) is 13.1. The number of nitrogens with one attached hydrogen (secondary N) is 1. The van der Waals surface area contributed by atoms with Crippen LogP contribution in [0.15, 0.2) is 24.3 Å². The molecule has 0 heterocycles. The van der Waals surface area contributed by atoms with E-state index in [1.165, 1.54) is 12.1 Å². The summed E-state index contributed by atoms with van der Waals surface area (Å²) in [6.45, 7) is 3.94. The van der Waals surface area contributed by atoms with Crippen molar-refractivity contribution < 1.29 is 4.39 Å². The molecule has 90 valence electrons. The van der Waals surface area contributed by atoms with Gasteiger partial charge in [0.05, 0.1) is 0 Å². The molecule has 0 aliphatic rings. The number of halogens is 1. The van der Waals surface area contributed by atoms with Crippen molar-refractivity contribution in [2.24, 2.45) is 0 Å². The fraction of sp³-hybridized carbons (Fsp3) is 0.538. The van der Waals surface area contributed by atoms with E-state index in [4.69, 9.17) is 0 Å². The Hall–Kier alpha value is -0.930. The minimum Gasteiger partial charge on any atom is -0.311 e. The van der Waals surface area contributed by atoms with Crippen LogP contribution in [-0.4, -0.2) is 31.6 Å². The maximum absolute atomic E-state index is 12.7. The maximum atomic E-state index is 12.7. The van der Waals surface area contributed by atoms with Crippen LogP contribution in [0.2, 0.25) is 0 Å². The average molecular weight is 224 g/mol. The van der Waals surface area contributed by atoms with Gasteiger partial charge < -0.3 is 10.2 Å². The quantitative estimate of drug-likeness (QED) is 0.797. The van der Waals surface area contributed by atoms with Crippen molar-refractivity contribution in [1.82, 2.24) is 10.2 Å². The van der Waals surface area contributed by atoms with Gasteiger partial charge in [0.1, 0.15) is 5.82 Å². The lowest BCUT2D eigenvalue weighted by atomic mass is 10.2. The Bertz CT molecular complexity index is 295. The molecule has 3 heteroatoms. The fourth-order valence-corrected chi connectivity index (χ4v) is 1.68. The molecule has 16 heavy (non-hydrogen) atoms. The molecule has 0 amide bonds. The molecular formula is C13H21FN2. The van der Waals surface area contributed by atoms with E-state index in [1.807, 2.05) is 12.1 Å². The fourth-order valence-electron chi connectivity index (χ4n) is 1.68. The van der Waals surface area contributed by atoms with Crippen molar-refractivity contribution in [3.63, 3.8) is 0 Å². The molecule has 1 rings (SSSR count). The molecule has 0 aliphatic heterocycles. The van der Waals surface area contributed by atoms with Crippen LogP contribution in [0.5, 0.6) is 0 Å². The molecule has 0 fully saturated rings. The summed E-state index contributed by atoms with van der Waals surface area (Å²) in [6, 6.07) is 7.19. The van der Waals surface area contributed by atoms with Crippen LogP contribution in [0, 0.1) is 5.82 Å². The van der Waals surface area contributed by atoms with Gasteiger partial charge in [-0.25, -0.2) is 4.39 Å². The first-order valence-electron chi connectivity index (χ1n) is 5.75. The van der Waals surface area contributed by atoms with Gasteiger partial charge >= 0.3 is 0 Å². The van der Waals surface area contributed by atoms with Gasteiger partial charge in [-0.15, -0.1) is 0 Å². The summed E-state index contributed by atoms with van der Waals surface area (Å²) < 4.78 is 12.7. The van der Waals surface area contributed by atoms with E-state index in [9.17, 15) is 4.39 Å². The highest BCUT2D eigenvalue weighted by Crippen LogP contribution is 2.03. The topological polar surface area (TPSA) is 15.3 Å². The molecule has 0 aromatic heterocycles. The molecule has 0 saturated carbocycles. The third-order valence-electron chi connectivity index (χ3n) is 2.82. The Labute approximate surface area is 97.5 Å². The molecule has 1 aromatic carbocycles. The minimum atomic E-state index is -0.177. The summed E-state index contributed by atoms with van der Waals surface area (Å²) in [5, 5.41) is 3.39. The first-order chi connectivity index (χ1) is 7.63. The van der Waals surface area contributed by atoms with Crippen LogP contribution in [0.4, 0.5) is 4.39 Å². The smallest absolute Gasteiger partial charge is 0.123 e. The molecule has 1 atom stereocenters. The monoisotopic (exact) mass is 224 g/mol. The molecular weight excluding hydrogens is 203 g/mol. The zero-order valence-electron chi connectivity index (χ0n) is 10.3. The highest BCUT2D eigenvalue weighted by Gasteiger charge is 2.07. The molecule has 0 aliphatic carbocycles. The summed E-state index contributed by atoms with van der Waals surface area (Å²) in [5.41, 5.74) is 1.12. The van der Waals surface area contributed by atoms with Crippen molar-refractivity contribution in [2.45, 2.75) is 25.9 Å². The van der Waals surface area contributed by atoms with Gasteiger partial charge in [0, 0.05) is 19.1 Å². The van der Waals surface area contributed by atoms with Crippen molar-refractivity contribution in [3.05, 3.63) is 35.6 Å². The number of rotatable bonds is 6. The van der Waals surface area contributed by atoms with Gasteiger partial charge in [-0.3, -0.25) is 0 Å². The average Bonchev–Trinajstić information content (AvgIpc) is 2.26. The third-order valence-corrected chi connectivity index (χ3v) is 2.82. The molecule has 0 radical (unpaired) electrons. The summed E-state index contributed by atoms with van der Waals surface area (Å²) in [5.74, 6) is -0.177. The summed E-state index contributed by atoms with van der Waals surface area (Å²) in [4.78, 5) is 2.22. The lowest BCUT2D eigenvalue weighted by Gasteiger charge is -2.23. The Morgan fingerprint density at radius 3 is 2.38 bits per heavy atom. The number of likely N-dealkylation sites (N-methyl/N-ethyl adjacent to an activating group) is 1. The third kappa shape index (κ3) is 4.29. The molecule has 0 bridgehead atoms. The van der Waals surface area contributed by atoms with Crippen LogP contribution in [0.3, 0.4) is 0 Å². The zero-order chi connectivity index (χ0) is 12.0. The predicted octanol–water partition coefficient (Wildman–Crippen LogP) is 2.26. The van der Waals surface area contributed by atoms with E-state index in [1.54, 1.807) is 0 Å². The second-order valence-electron chi connectivity index (χ2n) is 4.28. The van der Waals surface area contributed by atoms with E-state index in [-0.39, 0.29) is 5.82 Å². The van der Waals surface area contributed by atoms with E-state index >= 15 is 0 Å². The maximum Gasteiger partial charge on any atom is 0.123 e. The van der Waals surface area contributed by atoms with Gasteiger partial charge in [0.2, 0.25) is 0 Å². The molecule has 1 aromatic rings. The SMILES string of the molecule is CCC(CNCc1ccc(F)cc1)N(C)C. The summed E-state index contributed by atoms with van der Waals surface area (Å²) >= 11 is 0. The van der Waals surface area contributed by atoms with E-state index in [0.717, 1.165) is 25.1 Å². The van der Waals surface area contributed by atoms with Crippen LogP contribution >= 0.6 is 0 Å². The summed E-state index contributed by atoms with van der Waals surface area (Å²) in [7, 11) is 4.18. The van der Waals surface area contributed by atoms with E-state index in [0.29, 0.717) is 6.04 Å². The lowest BCUT2D eigenvalue weighted by molar-refractivity contribution is 0.276. The van der Waals surface area contributed by atoms with Crippen LogP contribution in [-0.2, 0) is 6.54 Å². The van der Waals surface area contributed by atoms with Crippen molar-refractivity contribution >= 4 is 0 Å². The molecule has 2 nitrogen and oxygen atoms in total. The van der Waals surface area contributed by atoms with Gasteiger partial charge in [-0.1, -0.05) is 19.1 Å². The van der Waals surface area contributed by atoms with Crippen molar-refractivity contribution in [3.8, 4) is 0 Å². The first-order valence-corrected chi connectivity index (χ1v) is 5.75. The number of benzene rings is 1.